The van der Waals surface area contributed by atoms with Crippen LogP contribution < -0.4 is 9.80 Å². The molecule has 1 aliphatic rings. The molecule has 22 heavy (non-hydrogen) atoms. The van der Waals surface area contributed by atoms with Crippen molar-refractivity contribution in [2.75, 3.05) is 29.9 Å². The Balaban J connectivity index is 1.45. The van der Waals surface area contributed by atoms with Gasteiger partial charge in [0.25, 0.3) is 0 Å². The van der Waals surface area contributed by atoms with Gasteiger partial charge in [-0.3, -0.25) is 0 Å². The van der Waals surface area contributed by atoms with Gasteiger partial charge in [0.05, 0.1) is 6.04 Å². The summed E-state index contributed by atoms with van der Waals surface area (Å²) in [6, 6.07) is 4.29. The highest BCUT2D eigenvalue weighted by atomic mass is 15.4. The number of aryl methyl sites for hydroxylation is 1. The summed E-state index contributed by atoms with van der Waals surface area (Å²) in [6.07, 6.45) is 5.30. The number of hydrogen-bond acceptors (Lipinski definition) is 7. The number of likely N-dealkylation sites (N-methyl/N-ethyl adjacent to an activating group) is 1. The number of rotatable bonds is 3. The van der Waals surface area contributed by atoms with Gasteiger partial charge in [-0.2, -0.15) is 4.52 Å². The molecule has 0 unspecified atom stereocenters. The summed E-state index contributed by atoms with van der Waals surface area (Å²) >= 11 is 0. The van der Waals surface area contributed by atoms with Gasteiger partial charge in [0.2, 0.25) is 5.95 Å². The van der Waals surface area contributed by atoms with E-state index in [2.05, 4.69) is 35.1 Å². The molecule has 1 saturated heterocycles. The average Bonchev–Trinajstić information content (AvgIpc) is 2.94. The standard InChI is InChI=1S/C14H16N8/c1-10-5-15-14(16-6-10)20(2)11-7-21(8-11)13-4-3-12-18-17-9-22(12)19-13/h3-6,9,11H,7-8H2,1-2H3. The lowest BCUT2D eigenvalue weighted by Crippen LogP contribution is -2.59. The summed E-state index contributed by atoms with van der Waals surface area (Å²) in [5.74, 6) is 1.69. The maximum Gasteiger partial charge on any atom is 0.225 e. The first-order chi connectivity index (χ1) is 10.7. The molecular formula is C14H16N8. The summed E-state index contributed by atoms with van der Waals surface area (Å²) < 4.78 is 1.69. The second-order valence-corrected chi connectivity index (χ2v) is 5.56. The Hall–Kier alpha value is -2.77. The molecule has 0 saturated carbocycles. The molecule has 0 aromatic carbocycles. The summed E-state index contributed by atoms with van der Waals surface area (Å²) in [6.45, 7) is 3.78. The van der Waals surface area contributed by atoms with Crippen molar-refractivity contribution in [2.45, 2.75) is 13.0 Å². The molecule has 3 aromatic rings. The normalized spacial score (nSPS) is 15.1. The molecule has 4 heterocycles. The van der Waals surface area contributed by atoms with Crippen LogP contribution in [0.2, 0.25) is 0 Å². The van der Waals surface area contributed by atoms with Gasteiger partial charge in [0.15, 0.2) is 5.65 Å². The molecule has 0 N–H and O–H groups in total. The lowest BCUT2D eigenvalue weighted by Gasteiger charge is -2.44. The SMILES string of the molecule is Cc1cnc(N(C)C2CN(c3ccc4nncn4n3)C2)nc1. The Morgan fingerprint density at radius 1 is 1.18 bits per heavy atom. The minimum Gasteiger partial charge on any atom is -0.351 e. The number of aromatic nitrogens is 6. The highest BCUT2D eigenvalue weighted by Gasteiger charge is 2.32. The predicted molar refractivity (Wildman–Crippen MR) is 82.0 cm³/mol. The van der Waals surface area contributed by atoms with Crippen molar-refractivity contribution >= 4 is 17.4 Å². The Morgan fingerprint density at radius 3 is 2.73 bits per heavy atom. The maximum absolute atomic E-state index is 4.50. The molecule has 0 aliphatic carbocycles. The summed E-state index contributed by atoms with van der Waals surface area (Å²) in [5.41, 5.74) is 1.82. The highest BCUT2D eigenvalue weighted by Crippen LogP contribution is 2.23. The zero-order valence-corrected chi connectivity index (χ0v) is 12.5. The zero-order chi connectivity index (χ0) is 15.1. The molecular weight excluding hydrogens is 280 g/mol. The van der Waals surface area contributed by atoms with Crippen molar-refractivity contribution in [1.29, 1.82) is 0 Å². The molecule has 112 valence electrons. The van der Waals surface area contributed by atoms with Crippen LogP contribution in [0.1, 0.15) is 5.56 Å². The molecule has 1 aliphatic heterocycles. The molecule has 0 atom stereocenters. The second-order valence-electron chi connectivity index (χ2n) is 5.56. The average molecular weight is 296 g/mol. The molecule has 3 aromatic heterocycles. The van der Waals surface area contributed by atoms with Crippen LogP contribution in [0.25, 0.3) is 5.65 Å². The van der Waals surface area contributed by atoms with E-state index >= 15 is 0 Å². The van der Waals surface area contributed by atoms with Crippen LogP contribution in [0, 0.1) is 6.92 Å². The van der Waals surface area contributed by atoms with E-state index in [9.17, 15) is 0 Å². The van der Waals surface area contributed by atoms with Crippen LogP contribution in [0.15, 0.2) is 30.9 Å². The largest absolute Gasteiger partial charge is 0.351 e. The van der Waals surface area contributed by atoms with Gasteiger partial charge in [-0.1, -0.05) is 0 Å². The quantitative estimate of drug-likeness (QED) is 0.698. The van der Waals surface area contributed by atoms with Gasteiger partial charge in [-0.15, -0.1) is 15.3 Å². The number of fused-ring (bicyclic) bond motifs is 1. The third-order valence-corrected chi connectivity index (χ3v) is 3.96. The fourth-order valence-corrected chi connectivity index (χ4v) is 2.51. The summed E-state index contributed by atoms with van der Waals surface area (Å²) in [5, 5.41) is 12.3. The van der Waals surface area contributed by atoms with Crippen LogP contribution in [0.5, 0.6) is 0 Å². The van der Waals surface area contributed by atoms with Gasteiger partial charge in [0.1, 0.15) is 12.1 Å². The Morgan fingerprint density at radius 2 is 1.95 bits per heavy atom. The first-order valence-electron chi connectivity index (χ1n) is 7.14. The van der Waals surface area contributed by atoms with Crippen molar-refractivity contribution in [3.8, 4) is 0 Å². The lowest BCUT2D eigenvalue weighted by atomic mass is 10.1. The second kappa shape index (κ2) is 4.90. The van der Waals surface area contributed by atoms with Crippen LogP contribution >= 0.6 is 0 Å². The Kier molecular flexibility index (Phi) is 2.88. The van der Waals surface area contributed by atoms with E-state index in [1.54, 1.807) is 10.8 Å². The molecule has 1 fully saturated rings. The van der Waals surface area contributed by atoms with E-state index in [1.807, 2.05) is 38.5 Å². The van der Waals surface area contributed by atoms with E-state index in [-0.39, 0.29) is 0 Å². The molecule has 4 rings (SSSR count). The third-order valence-electron chi connectivity index (χ3n) is 3.96. The smallest absolute Gasteiger partial charge is 0.225 e. The van der Waals surface area contributed by atoms with Crippen LogP contribution in [0.4, 0.5) is 11.8 Å². The number of nitrogens with zero attached hydrogens (tertiary/aromatic N) is 8. The first-order valence-corrected chi connectivity index (χ1v) is 7.14. The molecule has 0 radical (unpaired) electrons. The van der Waals surface area contributed by atoms with Gasteiger partial charge < -0.3 is 9.80 Å². The maximum atomic E-state index is 4.50. The van der Waals surface area contributed by atoms with E-state index in [1.165, 1.54) is 0 Å². The monoisotopic (exact) mass is 296 g/mol. The zero-order valence-electron chi connectivity index (χ0n) is 12.5. The lowest BCUT2D eigenvalue weighted by molar-refractivity contribution is 0.484. The van der Waals surface area contributed by atoms with Gasteiger partial charge in [-0.25, -0.2) is 9.97 Å². The van der Waals surface area contributed by atoms with Crippen LogP contribution in [-0.4, -0.2) is 56.0 Å². The van der Waals surface area contributed by atoms with E-state index in [0.717, 1.165) is 36.1 Å². The van der Waals surface area contributed by atoms with E-state index in [0.29, 0.717) is 6.04 Å². The number of hydrogen-bond donors (Lipinski definition) is 0. The molecule has 0 spiro atoms. The van der Waals surface area contributed by atoms with Gasteiger partial charge in [0, 0.05) is 32.5 Å². The van der Waals surface area contributed by atoms with E-state index < -0.39 is 0 Å². The van der Waals surface area contributed by atoms with Crippen LogP contribution in [0.3, 0.4) is 0 Å². The topological polar surface area (TPSA) is 75.3 Å². The van der Waals surface area contributed by atoms with Crippen molar-refractivity contribution in [3.05, 3.63) is 36.4 Å². The molecule has 8 heteroatoms. The van der Waals surface area contributed by atoms with Crippen molar-refractivity contribution < 1.29 is 0 Å². The third kappa shape index (κ3) is 2.12. The highest BCUT2D eigenvalue weighted by molar-refractivity contribution is 5.49. The minimum atomic E-state index is 0.390. The molecule has 0 bridgehead atoms. The van der Waals surface area contributed by atoms with Crippen molar-refractivity contribution in [2.24, 2.45) is 0 Å². The molecule has 0 amide bonds. The fourth-order valence-electron chi connectivity index (χ4n) is 2.51. The minimum absolute atomic E-state index is 0.390. The number of anilines is 2. The summed E-state index contributed by atoms with van der Waals surface area (Å²) in [7, 11) is 2.03. The fraction of sp³-hybridized carbons (Fsp3) is 0.357. The first kappa shape index (κ1) is 12.9. The summed E-state index contributed by atoms with van der Waals surface area (Å²) in [4.78, 5) is 13.1. The van der Waals surface area contributed by atoms with Crippen molar-refractivity contribution in [1.82, 2.24) is 29.8 Å². The molecule has 8 nitrogen and oxygen atoms in total. The van der Waals surface area contributed by atoms with Crippen LogP contribution in [-0.2, 0) is 0 Å². The Bertz CT molecular complexity index is 790. The Labute approximate surface area is 127 Å². The van der Waals surface area contributed by atoms with Crippen molar-refractivity contribution in [3.63, 3.8) is 0 Å². The van der Waals surface area contributed by atoms with Gasteiger partial charge >= 0.3 is 0 Å². The van der Waals surface area contributed by atoms with Gasteiger partial charge in [-0.05, 0) is 24.6 Å². The van der Waals surface area contributed by atoms with E-state index in [4.69, 9.17) is 0 Å². The predicted octanol–water partition coefficient (Wildman–Crippen LogP) is 0.548.